The van der Waals surface area contributed by atoms with E-state index in [-0.39, 0.29) is 17.9 Å². The highest BCUT2D eigenvalue weighted by Crippen LogP contribution is 2.27. The lowest BCUT2D eigenvalue weighted by Gasteiger charge is -2.20. The van der Waals surface area contributed by atoms with Crippen molar-refractivity contribution in [3.63, 3.8) is 0 Å². The predicted octanol–water partition coefficient (Wildman–Crippen LogP) is 4.32. The van der Waals surface area contributed by atoms with Crippen LogP contribution in [0, 0.1) is 5.92 Å². The number of thiophene rings is 1. The van der Waals surface area contributed by atoms with Crippen LogP contribution in [0.2, 0.25) is 0 Å². The van der Waals surface area contributed by atoms with Crippen molar-refractivity contribution in [2.75, 3.05) is 7.11 Å². The molecule has 3 rings (SSSR count). The lowest BCUT2D eigenvalue weighted by atomic mass is 9.99. The third-order valence-electron chi connectivity index (χ3n) is 4.28. The summed E-state index contributed by atoms with van der Waals surface area (Å²) in [6.07, 6.45) is 0.867. The summed E-state index contributed by atoms with van der Waals surface area (Å²) in [6.45, 7) is 4.11. The van der Waals surface area contributed by atoms with E-state index in [1.807, 2.05) is 35.7 Å². The Balaban J connectivity index is 1.85. The molecule has 0 aliphatic carbocycles. The third kappa shape index (κ3) is 3.94. The van der Waals surface area contributed by atoms with Gasteiger partial charge in [0.05, 0.1) is 12.0 Å². The molecule has 7 heteroatoms. The Morgan fingerprint density at radius 3 is 2.88 bits per heavy atom. The van der Waals surface area contributed by atoms with Gasteiger partial charge >= 0.3 is 0 Å². The molecule has 136 valence electrons. The van der Waals surface area contributed by atoms with Crippen LogP contribution >= 0.6 is 11.3 Å². The van der Waals surface area contributed by atoms with Crippen molar-refractivity contribution < 1.29 is 14.1 Å². The number of ether oxygens (including phenoxy) is 1. The van der Waals surface area contributed by atoms with Gasteiger partial charge in [0.1, 0.15) is 11.8 Å². The Labute approximate surface area is 156 Å². The van der Waals surface area contributed by atoms with E-state index in [1.165, 1.54) is 11.3 Å². The number of carbonyl (C=O) groups excluding carboxylic acids is 1. The van der Waals surface area contributed by atoms with Crippen molar-refractivity contribution >= 4 is 17.2 Å². The summed E-state index contributed by atoms with van der Waals surface area (Å²) in [6, 6.07) is 10.8. The molecule has 0 saturated heterocycles. The second kappa shape index (κ2) is 8.14. The van der Waals surface area contributed by atoms with Crippen molar-refractivity contribution in [2.45, 2.75) is 26.3 Å². The number of benzene rings is 1. The number of carbonyl (C=O) groups is 1. The van der Waals surface area contributed by atoms with Crippen LogP contribution in [0.15, 0.2) is 46.3 Å². The summed E-state index contributed by atoms with van der Waals surface area (Å²) in [5.41, 5.74) is 0.798. The highest BCUT2D eigenvalue weighted by atomic mass is 32.1. The van der Waals surface area contributed by atoms with Gasteiger partial charge in [0.25, 0.3) is 5.91 Å². The van der Waals surface area contributed by atoms with Crippen LogP contribution in [0.25, 0.3) is 11.4 Å². The van der Waals surface area contributed by atoms with Crippen LogP contribution in [-0.4, -0.2) is 23.2 Å². The molecule has 1 N–H and O–H groups in total. The molecule has 26 heavy (non-hydrogen) atoms. The fraction of sp³-hybridized carbons (Fsp3) is 0.316. The normalized spacial score (nSPS) is 13.2. The summed E-state index contributed by atoms with van der Waals surface area (Å²) in [4.78, 5) is 17.6. The van der Waals surface area contributed by atoms with E-state index in [0.717, 1.165) is 17.7 Å². The first-order chi connectivity index (χ1) is 12.6. The zero-order valence-electron chi connectivity index (χ0n) is 14.9. The molecule has 0 unspecified atom stereocenters. The van der Waals surface area contributed by atoms with Gasteiger partial charge in [-0.05, 0) is 29.5 Å². The second-order valence-corrected chi connectivity index (χ2v) is 6.95. The molecular weight excluding hydrogens is 350 g/mol. The van der Waals surface area contributed by atoms with E-state index in [0.29, 0.717) is 16.6 Å². The summed E-state index contributed by atoms with van der Waals surface area (Å²) < 4.78 is 10.7. The largest absolute Gasteiger partial charge is 0.497 e. The quantitative estimate of drug-likeness (QED) is 0.669. The zero-order chi connectivity index (χ0) is 18.5. The van der Waals surface area contributed by atoms with E-state index in [4.69, 9.17) is 9.26 Å². The number of amides is 1. The van der Waals surface area contributed by atoms with Crippen molar-refractivity contribution in [1.82, 2.24) is 15.5 Å². The number of hydrogen-bond donors (Lipinski definition) is 1. The van der Waals surface area contributed by atoms with Gasteiger partial charge in [0.2, 0.25) is 11.7 Å². The minimum Gasteiger partial charge on any atom is -0.497 e. The van der Waals surface area contributed by atoms with E-state index in [1.54, 1.807) is 13.2 Å². The number of aromatic nitrogens is 2. The Hall–Kier alpha value is -2.67. The minimum absolute atomic E-state index is 0.133. The van der Waals surface area contributed by atoms with Gasteiger partial charge in [-0.1, -0.05) is 43.6 Å². The fourth-order valence-electron chi connectivity index (χ4n) is 2.54. The lowest BCUT2D eigenvalue weighted by Crippen LogP contribution is -2.32. The van der Waals surface area contributed by atoms with Crippen LogP contribution in [0.5, 0.6) is 5.75 Å². The third-order valence-corrected chi connectivity index (χ3v) is 5.15. The maximum atomic E-state index is 12.5. The SMILES string of the molecule is CC[C@@H](C)[C@H](NC(=O)c1cccs1)c1nc(-c2cccc(OC)c2)no1. The molecule has 6 nitrogen and oxygen atoms in total. The maximum Gasteiger partial charge on any atom is 0.262 e. The van der Waals surface area contributed by atoms with E-state index in [2.05, 4.69) is 29.3 Å². The van der Waals surface area contributed by atoms with Gasteiger partial charge in [-0.2, -0.15) is 4.98 Å². The first-order valence-electron chi connectivity index (χ1n) is 8.44. The van der Waals surface area contributed by atoms with E-state index in [9.17, 15) is 4.79 Å². The molecule has 2 atom stereocenters. The van der Waals surface area contributed by atoms with Crippen molar-refractivity contribution in [2.24, 2.45) is 5.92 Å². The number of methoxy groups -OCH3 is 1. The molecule has 0 spiro atoms. The average molecular weight is 371 g/mol. The molecular formula is C19H21N3O3S. The highest BCUT2D eigenvalue weighted by Gasteiger charge is 2.27. The smallest absolute Gasteiger partial charge is 0.262 e. The number of rotatable bonds is 7. The molecule has 1 aromatic carbocycles. The van der Waals surface area contributed by atoms with Gasteiger partial charge in [-0.25, -0.2) is 0 Å². The summed E-state index contributed by atoms with van der Waals surface area (Å²) in [5, 5.41) is 8.98. The molecule has 0 aliphatic rings. The molecule has 0 fully saturated rings. The average Bonchev–Trinajstić information content (AvgIpc) is 3.37. The minimum atomic E-state index is -0.346. The highest BCUT2D eigenvalue weighted by molar-refractivity contribution is 7.12. The second-order valence-electron chi connectivity index (χ2n) is 6.00. The molecule has 1 amide bonds. The summed E-state index contributed by atoms with van der Waals surface area (Å²) in [7, 11) is 1.61. The molecule has 0 saturated carbocycles. The van der Waals surface area contributed by atoms with Gasteiger partial charge < -0.3 is 14.6 Å². The molecule has 0 aliphatic heterocycles. The summed E-state index contributed by atoms with van der Waals surface area (Å²) >= 11 is 1.40. The van der Waals surface area contributed by atoms with Crippen LogP contribution < -0.4 is 10.1 Å². The Kier molecular flexibility index (Phi) is 5.68. The topological polar surface area (TPSA) is 77.2 Å². The fourth-order valence-corrected chi connectivity index (χ4v) is 3.17. The molecule has 0 bridgehead atoms. The van der Waals surface area contributed by atoms with Crippen molar-refractivity contribution in [3.05, 3.63) is 52.5 Å². The van der Waals surface area contributed by atoms with Gasteiger partial charge in [-0.15, -0.1) is 11.3 Å². The number of nitrogens with one attached hydrogen (secondary N) is 1. The summed E-state index contributed by atoms with van der Waals surface area (Å²) in [5.74, 6) is 1.61. The zero-order valence-corrected chi connectivity index (χ0v) is 15.7. The lowest BCUT2D eigenvalue weighted by molar-refractivity contribution is 0.0914. The van der Waals surface area contributed by atoms with Crippen LogP contribution in [0.1, 0.15) is 41.9 Å². The predicted molar refractivity (Wildman–Crippen MR) is 100 cm³/mol. The first kappa shape index (κ1) is 18.1. The Morgan fingerprint density at radius 2 is 2.19 bits per heavy atom. The molecule has 2 heterocycles. The molecule has 2 aromatic heterocycles. The standard InChI is InChI=1S/C19H21N3O3S/c1-4-12(2)16(20-18(23)15-9-6-10-26-15)19-21-17(22-25-19)13-7-5-8-14(11-13)24-3/h5-12,16H,4H2,1-3H3,(H,20,23)/t12-,16+/m1/s1. The van der Waals surface area contributed by atoms with Gasteiger partial charge in [0, 0.05) is 5.56 Å². The van der Waals surface area contributed by atoms with Gasteiger partial charge in [0.15, 0.2) is 0 Å². The van der Waals surface area contributed by atoms with E-state index >= 15 is 0 Å². The first-order valence-corrected chi connectivity index (χ1v) is 9.32. The monoisotopic (exact) mass is 371 g/mol. The van der Waals surface area contributed by atoms with Crippen LogP contribution in [-0.2, 0) is 0 Å². The van der Waals surface area contributed by atoms with Crippen molar-refractivity contribution in [1.29, 1.82) is 0 Å². The van der Waals surface area contributed by atoms with Crippen LogP contribution in [0.4, 0.5) is 0 Å². The van der Waals surface area contributed by atoms with Crippen molar-refractivity contribution in [3.8, 4) is 17.1 Å². The Bertz CT molecular complexity index is 861. The maximum absolute atomic E-state index is 12.5. The van der Waals surface area contributed by atoms with E-state index < -0.39 is 0 Å². The Morgan fingerprint density at radius 1 is 1.35 bits per heavy atom. The van der Waals surface area contributed by atoms with Crippen LogP contribution in [0.3, 0.4) is 0 Å². The molecule has 0 radical (unpaired) electrons. The van der Waals surface area contributed by atoms with Gasteiger partial charge in [-0.3, -0.25) is 4.79 Å². The number of hydrogen-bond acceptors (Lipinski definition) is 6. The number of nitrogens with zero attached hydrogens (tertiary/aromatic N) is 2. The molecule has 3 aromatic rings.